The second-order valence-electron chi connectivity index (χ2n) is 5.01. The van der Waals surface area contributed by atoms with Gasteiger partial charge in [0.2, 0.25) is 5.88 Å². The van der Waals surface area contributed by atoms with Gasteiger partial charge in [0.1, 0.15) is 11.3 Å². The third-order valence-electron chi connectivity index (χ3n) is 3.65. The van der Waals surface area contributed by atoms with Crippen molar-refractivity contribution in [2.75, 3.05) is 6.61 Å². The van der Waals surface area contributed by atoms with Crippen LogP contribution in [0.5, 0.6) is 5.88 Å². The normalized spacial score (nSPS) is 17.1. The number of ether oxygens (including phenoxy) is 1. The zero-order valence-electron chi connectivity index (χ0n) is 12.0. The zero-order chi connectivity index (χ0) is 14.7. The van der Waals surface area contributed by atoms with E-state index in [9.17, 15) is 4.79 Å². The van der Waals surface area contributed by atoms with Crippen molar-refractivity contribution in [1.82, 2.24) is 10.3 Å². The van der Waals surface area contributed by atoms with Gasteiger partial charge in [0.25, 0.3) is 5.91 Å². The van der Waals surface area contributed by atoms with E-state index in [0.29, 0.717) is 18.1 Å². The van der Waals surface area contributed by atoms with Crippen molar-refractivity contribution in [2.24, 2.45) is 0 Å². The number of carbonyl (C=O) groups is 1. The largest absolute Gasteiger partial charge is 0.477 e. The number of rotatable bonds is 4. The second-order valence-corrected chi connectivity index (χ2v) is 5.01. The second kappa shape index (κ2) is 5.99. The Labute approximate surface area is 123 Å². The van der Waals surface area contributed by atoms with E-state index in [4.69, 9.17) is 9.15 Å². The molecule has 0 bridgehead atoms. The molecule has 1 aliphatic carbocycles. The quantitative estimate of drug-likeness (QED) is 0.938. The Morgan fingerprint density at radius 1 is 1.52 bits per heavy atom. The Morgan fingerprint density at radius 3 is 3.29 bits per heavy atom. The van der Waals surface area contributed by atoms with Crippen LogP contribution in [0, 0.1) is 0 Å². The summed E-state index contributed by atoms with van der Waals surface area (Å²) in [6.07, 6.45) is 6.17. The van der Waals surface area contributed by atoms with Gasteiger partial charge < -0.3 is 14.5 Å². The van der Waals surface area contributed by atoms with E-state index < -0.39 is 0 Å². The van der Waals surface area contributed by atoms with E-state index in [1.165, 1.54) is 0 Å². The minimum absolute atomic E-state index is 0.00492. The summed E-state index contributed by atoms with van der Waals surface area (Å²) < 4.78 is 10.9. The van der Waals surface area contributed by atoms with Crippen LogP contribution in [-0.2, 0) is 6.42 Å². The van der Waals surface area contributed by atoms with Crippen LogP contribution in [-0.4, -0.2) is 17.5 Å². The molecular weight excluding hydrogens is 268 g/mol. The first-order valence-electron chi connectivity index (χ1n) is 7.24. The Bertz CT molecular complexity index is 636. The number of nitrogens with one attached hydrogen (secondary N) is 1. The van der Waals surface area contributed by atoms with Gasteiger partial charge in [-0.2, -0.15) is 0 Å². The molecule has 2 heterocycles. The number of pyridine rings is 1. The third kappa shape index (κ3) is 2.77. The molecule has 5 heteroatoms. The lowest BCUT2D eigenvalue weighted by Crippen LogP contribution is -2.30. The molecule has 0 spiro atoms. The maximum Gasteiger partial charge on any atom is 0.257 e. The van der Waals surface area contributed by atoms with Crippen LogP contribution in [0.25, 0.3) is 0 Å². The van der Waals surface area contributed by atoms with Crippen molar-refractivity contribution in [1.29, 1.82) is 0 Å². The summed E-state index contributed by atoms with van der Waals surface area (Å²) in [5, 5.41) is 3.06. The highest BCUT2D eigenvalue weighted by atomic mass is 16.5. The summed E-state index contributed by atoms with van der Waals surface area (Å²) in [4.78, 5) is 16.6. The number of carbonyl (C=O) groups excluding carboxylic acids is 1. The van der Waals surface area contributed by atoms with Crippen LogP contribution in [0.2, 0.25) is 0 Å². The van der Waals surface area contributed by atoms with E-state index in [-0.39, 0.29) is 11.9 Å². The molecule has 1 amide bonds. The van der Waals surface area contributed by atoms with Gasteiger partial charge in [-0.1, -0.05) is 0 Å². The first-order valence-corrected chi connectivity index (χ1v) is 7.24. The lowest BCUT2D eigenvalue weighted by Gasteiger charge is -2.23. The van der Waals surface area contributed by atoms with Crippen molar-refractivity contribution in [3.05, 3.63) is 47.5 Å². The fourth-order valence-electron chi connectivity index (χ4n) is 2.69. The van der Waals surface area contributed by atoms with E-state index in [1.54, 1.807) is 24.6 Å². The van der Waals surface area contributed by atoms with E-state index >= 15 is 0 Å². The number of furan rings is 1. The molecule has 2 aromatic rings. The maximum absolute atomic E-state index is 12.5. The van der Waals surface area contributed by atoms with Crippen LogP contribution in [0.1, 0.15) is 47.5 Å². The van der Waals surface area contributed by atoms with Gasteiger partial charge in [-0.25, -0.2) is 4.98 Å². The molecule has 0 unspecified atom stereocenters. The van der Waals surface area contributed by atoms with E-state index in [2.05, 4.69) is 10.3 Å². The molecule has 2 aromatic heterocycles. The predicted molar refractivity (Wildman–Crippen MR) is 77.3 cm³/mol. The average Bonchev–Trinajstić information content (AvgIpc) is 2.98. The van der Waals surface area contributed by atoms with Crippen LogP contribution >= 0.6 is 0 Å². The molecule has 21 heavy (non-hydrogen) atoms. The highest BCUT2D eigenvalue weighted by Crippen LogP contribution is 2.31. The Kier molecular flexibility index (Phi) is 3.90. The third-order valence-corrected chi connectivity index (χ3v) is 3.65. The van der Waals surface area contributed by atoms with Gasteiger partial charge >= 0.3 is 0 Å². The van der Waals surface area contributed by atoms with Crippen LogP contribution in [0.15, 0.2) is 35.1 Å². The summed E-state index contributed by atoms with van der Waals surface area (Å²) in [6.45, 7) is 2.35. The monoisotopic (exact) mass is 286 g/mol. The number of fused-ring (bicyclic) bond motifs is 1. The van der Waals surface area contributed by atoms with Crippen LogP contribution in [0.4, 0.5) is 0 Å². The van der Waals surface area contributed by atoms with Gasteiger partial charge in [0.05, 0.1) is 18.9 Å². The Morgan fingerprint density at radius 2 is 2.43 bits per heavy atom. The summed E-state index contributed by atoms with van der Waals surface area (Å²) in [6, 6.07) is 5.40. The molecule has 3 rings (SSSR count). The zero-order valence-corrected chi connectivity index (χ0v) is 12.0. The number of nitrogens with zero attached hydrogens (tertiary/aromatic N) is 1. The highest BCUT2D eigenvalue weighted by Gasteiger charge is 2.25. The Hall–Kier alpha value is -2.30. The molecular formula is C16H18N2O3. The topological polar surface area (TPSA) is 64.4 Å². The summed E-state index contributed by atoms with van der Waals surface area (Å²) in [5.74, 6) is 1.19. The highest BCUT2D eigenvalue weighted by molar-refractivity contribution is 5.96. The van der Waals surface area contributed by atoms with Crippen molar-refractivity contribution in [3.63, 3.8) is 0 Å². The molecule has 1 aliphatic rings. The molecule has 0 aromatic carbocycles. The SMILES string of the molecule is CCOc1ncccc1C(=O)N[C@H]1CCCc2occc21. The fourth-order valence-corrected chi connectivity index (χ4v) is 2.69. The molecule has 1 N–H and O–H groups in total. The number of hydrogen-bond acceptors (Lipinski definition) is 4. The Balaban J connectivity index is 1.79. The van der Waals surface area contributed by atoms with E-state index in [0.717, 1.165) is 30.6 Å². The van der Waals surface area contributed by atoms with Crippen molar-refractivity contribution >= 4 is 5.91 Å². The van der Waals surface area contributed by atoms with Crippen molar-refractivity contribution in [2.45, 2.75) is 32.2 Å². The first-order chi connectivity index (χ1) is 10.3. The van der Waals surface area contributed by atoms with Gasteiger partial charge in [0.15, 0.2) is 0 Å². The van der Waals surface area contributed by atoms with Crippen molar-refractivity contribution in [3.8, 4) is 5.88 Å². The summed E-state index contributed by atoms with van der Waals surface area (Å²) in [5.41, 5.74) is 1.55. The molecule has 110 valence electrons. The number of hydrogen-bond donors (Lipinski definition) is 1. The number of amides is 1. The molecule has 0 saturated carbocycles. The van der Waals surface area contributed by atoms with Crippen LogP contribution < -0.4 is 10.1 Å². The molecule has 1 atom stereocenters. The predicted octanol–water partition coefficient (Wildman–Crippen LogP) is 2.88. The number of aryl methyl sites for hydroxylation is 1. The molecule has 0 radical (unpaired) electrons. The molecule has 5 nitrogen and oxygen atoms in total. The molecule has 0 aliphatic heterocycles. The van der Waals surface area contributed by atoms with Gasteiger partial charge in [0, 0.05) is 18.2 Å². The number of aromatic nitrogens is 1. The minimum Gasteiger partial charge on any atom is -0.477 e. The van der Waals surface area contributed by atoms with Crippen LogP contribution in [0.3, 0.4) is 0 Å². The maximum atomic E-state index is 12.5. The molecule has 0 saturated heterocycles. The van der Waals surface area contributed by atoms with E-state index in [1.807, 2.05) is 13.0 Å². The lowest BCUT2D eigenvalue weighted by atomic mass is 9.93. The van der Waals surface area contributed by atoms with Gasteiger partial charge in [-0.3, -0.25) is 4.79 Å². The molecule has 0 fully saturated rings. The summed E-state index contributed by atoms with van der Waals surface area (Å²) in [7, 11) is 0. The lowest BCUT2D eigenvalue weighted by molar-refractivity contribution is 0.0927. The smallest absolute Gasteiger partial charge is 0.257 e. The summed E-state index contributed by atoms with van der Waals surface area (Å²) >= 11 is 0. The van der Waals surface area contributed by atoms with Gasteiger partial charge in [-0.05, 0) is 38.0 Å². The standard InChI is InChI=1S/C16H18N2O3/c1-2-20-16-12(5-4-9-17-16)15(19)18-13-6-3-7-14-11(13)8-10-21-14/h4-5,8-10,13H,2-3,6-7H2,1H3,(H,18,19)/t13-/m0/s1. The first kappa shape index (κ1) is 13.7. The average molecular weight is 286 g/mol. The minimum atomic E-state index is -0.161. The fraction of sp³-hybridized carbons (Fsp3) is 0.375. The van der Waals surface area contributed by atoms with Gasteiger partial charge in [-0.15, -0.1) is 0 Å². The van der Waals surface area contributed by atoms with Crippen molar-refractivity contribution < 1.29 is 13.9 Å².